The molecule has 5 nitrogen and oxygen atoms in total. The summed E-state index contributed by atoms with van der Waals surface area (Å²) in [5.41, 5.74) is 0.851. The van der Waals surface area contributed by atoms with Crippen LogP contribution >= 0.6 is 0 Å². The number of hydrogen-bond donors (Lipinski definition) is 2. The lowest BCUT2D eigenvalue weighted by molar-refractivity contribution is -0.0514. The van der Waals surface area contributed by atoms with Crippen LogP contribution in [0.15, 0.2) is 23.2 Å². The van der Waals surface area contributed by atoms with Crippen LogP contribution in [0.1, 0.15) is 32.8 Å². The fourth-order valence-corrected chi connectivity index (χ4v) is 1.87. The van der Waals surface area contributed by atoms with Gasteiger partial charge in [-0.3, -0.25) is 0 Å². The lowest BCUT2D eigenvalue weighted by Crippen LogP contribution is -2.37. The fraction of sp³-hybridized carbons (Fsp3) is 0.562. The van der Waals surface area contributed by atoms with Crippen molar-refractivity contribution in [1.29, 1.82) is 0 Å². The molecule has 0 aromatic heterocycles. The minimum absolute atomic E-state index is 0.0330. The Balaban J connectivity index is 2.84. The lowest BCUT2D eigenvalue weighted by Gasteiger charge is -2.13. The van der Waals surface area contributed by atoms with Gasteiger partial charge in [0, 0.05) is 13.1 Å². The molecule has 0 radical (unpaired) electrons. The molecule has 0 heterocycles. The average Bonchev–Trinajstić information content (AvgIpc) is 2.52. The molecule has 0 aliphatic rings. The van der Waals surface area contributed by atoms with E-state index in [0.29, 0.717) is 18.9 Å². The van der Waals surface area contributed by atoms with Crippen LogP contribution in [-0.2, 0) is 6.54 Å². The minimum Gasteiger partial charge on any atom is -0.490 e. The highest BCUT2D eigenvalue weighted by atomic mass is 19.3. The van der Waals surface area contributed by atoms with Crippen LogP contribution in [0.5, 0.6) is 11.5 Å². The smallest absolute Gasteiger partial charge is 0.387 e. The largest absolute Gasteiger partial charge is 0.490 e. The number of nitrogens with zero attached hydrogens (tertiary/aromatic N) is 1. The number of guanidine groups is 1. The maximum absolute atomic E-state index is 12.4. The fourth-order valence-electron chi connectivity index (χ4n) is 1.87. The van der Waals surface area contributed by atoms with Crippen molar-refractivity contribution in [2.24, 2.45) is 4.99 Å². The molecule has 2 N–H and O–H groups in total. The zero-order valence-corrected chi connectivity index (χ0v) is 13.9. The molecule has 23 heavy (non-hydrogen) atoms. The van der Waals surface area contributed by atoms with Gasteiger partial charge in [-0.1, -0.05) is 13.0 Å². The molecule has 0 bridgehead atoms. The molecule has 0 unspecified atom stereocenters. The van der Waals surface area contributed by atoms with E-state index in [9.17, 15) is 8.78 Å². The van der Waals surface area contributed by atoms with E-state index in [4.69, 9.17) is 4.74 Å². The summed E-state index contributed by atoms with van der Waals surface area (Å²) in [6, 6.07) is 4.86. The van der Waals surface area contributed by atoms with Crippen molar-refractivity contribution < 1.29 is 18.3 Å². The maximum Gasteiger partial charge on any atom is 0.387 e. The van der Waals surface area contributed by atoms with Gasteiger partial charge in [0.1, 0.15) is 0 Å². The molecule has 0 fully saturated rings. The van der Waals surface area contributed by atoms with Crippen LogP contribution in [-0.4, -0.2) is 32.3 Å². The van der Waals surface area contributed by atoms with E-state index in [1.165, 1.54) is 6.07 Å². The third kappa shape index (κ3) is 7.17. The Morgan fingerprint density at radius 1 is 1.17 bits per heavy atom. The molecule has 130 valence electrons. The summed E-state index contributed by atoms with van der Waals surface area (Å²) in [5, 5.41) is 6.35. The van der Waals surface area contributed by atoms with Crippen LogP contribution in [0.3, 0.4) is 0 Å². The second-order valence-electron chi connectivity index (χ2n) is 4.71. The Morgan fingerprint density at radius 2 is 1.96 bits per heavy atom. The van der Waals surface area contributed by atoms with Crippen molar-refractivity contribution in [3.8, 4) is 11.5 Å². The van der Waals surface area contributed by atoms with E-state index in [-0.39, 0.29) is 5.75 Å². The second-order valence-corrected chi connectivity index (χ2v) is 4.71. The van der Waals surface area contributed by atoms with Gasteiger partial charge in [0.25, 0.3) is 0 Å². The number of hydrogen-bond acceptors (Lipinski definition) is 3. The highest BCUT2D eigenvalue weighted by Gasteiger charge is 2.11. The summed E-state index contributed by atoms with van der Waals surface area (Å²) in [4.78, 5) is 4.46. The van der Waals surface area contributed by atoms with Gasteiger partial charge < -0.3 is 20.1 Å². The molecule has 0 aliphatic carbocycles. The number of alkyl halides is 2. The van der Waals surface area contributed by atoms with Crippen molar-refractivity contribution >= 4 is 5.96 Å². The number of benzene rings is 1. The summed E-state index contributed by atoms with van der Waals surface area (Å²) in [5.74, 6) is 1.05. The number of halogens is 2. The molecule has 0 amide bonds. The van der Waals surface area contributed by atoms with Crippen LogP contribution in [0.2, 0.25) is 0 Å². The summed E-state index contributed by atoms with van der Waals surface area (Å²) < 4.78 is 34.6. The molecule has 0 spiro atoms. The Kier molecular flexibility index (Phi) is 8.79. The van der Waals surface area contributed by atoms with E-state index in [0.717, 1.165) is 31.0 Å². The zero-order chi connectivity index (χ0) is 17.1. The lowest BCUT2D eigenvalue weighted by atomic mass is 10.2. The van der Waals surface area contributed by atoms with Gasteiger partial charge in [0.05, 0.1) is 13.2 Å². The van der Waals surface area contributed by atoms with Gasteiger partial charge in [0.15, 0.2) is 17.5 Å². The van der Waals surface area contributed by atoms with E-state index in [2.05, 4.69) is 27.3 Å². The summed E-state index contributed by atoms with van der Waals surface area (Å²) in [7, 11) is 0. The first-order chi connectivity index (χ1) is 11.1. The number of nitrogens with one attached hydrogen (secondary N) is 2. The SMILES string of the molecule is CCCNC(=NCc1ccc(OC(F)F)c(OCC)c1)NCC. The topological polar surface area (TPSA) is 54.9 Å². The highest BCUT2D eigenvalue weighted by Crippen LogP contribution is 2.30. The third-order valence-electron chi connectivity index (χ3n) is 2.83. The molecule has 1 rings (SSSR count). The molecular formula is C16H25F2N3O2. The summed E-state index contributed by atoms with van der Waals surface area (Å²) in [6.07, 6.45) is 0.999. The van der Waals surface area contributed by atoms with Gasteiger partial charge in [-0.2, -0.15) is 8.78 Å². The van der Waals surface area contributed by atoms with Gasteiger partial charge >= 0.3 is 6.61 Å². The Hall–Kier alpha value is -2.05. The highest BCUT2D eigenvalue weighted by molar-refractivity contribution is 5.79. The zero-order valence-electron chi connectivity index (χ0n) is 13.9. The molecule has 0 saturated heterocycles. The molecule has 0 aliphatic heterocycles. The Labute approximate surface area is 136 Å². The molecule has 7 heteroatoms. The van der Waals surface area contributed by atoms with Crippen LogP contribution in [0, 0.1) is 0 Å². The van der Waals surface area contributed by atoms with Crippen LogP contribution in [0.25, 0.3) is 0 Å². The van der Waals surface area contributed by atoms with Crippen LogP contribution < -0.4 is 20.1 Å². The number of rotatable bonds is 9. The van der Waals surface area contributed by atoms with E-state index >= 15 is 0 Å². The Bertz CT molecular complexity index is 496. The quantitative estimate of drug-likeness (QED) is 0.540. The van der Waals surface area contributed by atoms with E-state index in [1.807, 2.05) is 6.92 Å². The van der Waals surface area contributed by atoms with Crippen molar-refractivity contribution in [2.75, 3.05) is 19.7 Å². The van der Waals surface area contributed by atoms with Gasteiger partial charge in [-0.15, -0.1) is 0 Å². The van der Waals surface area contributed by atoms with Crippen molar-refractivity contribution in [3.05, 3.63) is 23.8 Å². The monoisotopic (exact) mass is 329 g/mol. The van der Waals surface area contributed by atoms with Gasteiger partial charge in [-0.25, -0.2) is 4.99 Å². The van der Waals surface area contributed by atoms with Crippen LogP contribution in [0.4, 0.5) is 8.78 Å². The normalized spacial score (nSPS) is 11.5. The predicted octanol–water partition coefficient (Wildman–Crippen LogP) is 3.15. The minimum atomic E-state index is -2.88. The summed E-state index contributed by atoms with van der Waals surface area (Å²) in [6.45, 7) is 5.35. The molecular weight excluding hydrogens is 304 g/mol. The first-order valence-electron chi connectivity index (χ1n) is 7.83. The molecule has 1 aromatic rings. The maximum atomic E-state index is 12.4. The van der Waals surface area contributed by atoms with Crippen molar-refractivity contribution in [3.63, 3.8) is 0 Å². The van der Waals surface area contributed by atoms with Crippen molar-refractivity contribution in [1.82, 2.24) is 10.6 Å². The predicted molar refractivity (Wildman–Crippen MR) is 87.4 cm³/mol. The van der Waals surface area contributed by atoms with Crippen molar-refractivity contribution in [2.45, 2.75) is 40.3 Å². The summed E-state index contributed by atoms with van der Waals surface area (Å²) >= 11 is 0. The first kappa shape index (κ1) is 19.0. The number of aliphatic imine (C=N–C) groups is 1. The van der Waals surface area contributed by atoms with Gasteiger partial charge in [-0.05, 0) is 38.0 Å². The molecule has 1 aromatic carbocycles. The average molecular weight is 329 g/mol. The third-order valence-corrected chi connectivity index (χ3v) is 2.83. The molecule has 0 saturated carbocycles. The van der Waals surface area contributed by atoms with E-state index in [1.54, 1.807) is 19.1 Å². The first-order valence-corrected chi connectivity index (χ1v) is 7.83. The van der Waals surface area contributed by atoms with E-state index < -0.39 is 6.61 Å². The Morgan fingerprint density at radius 3 is 2.57 bits per heavy atom. The number of ether oxygens (including phenoxy) is 2. The standard InChI is InChI=1S/C16H25F2N3O2/c1-4-9-20-16(19-5-2)21-11-12-7-8-13(23-15(17)18)14(10-12)22-6-3/h7-8,10,15H,4-6,9,11H2,1-3H3,(H2,19,20,21). The second kappa shape index (κ2) is 10.6. The van der Waals surface area contributed by atoms with Gasteiger partial charge in [0.2, 0.25) is 0 Å². The molecule has 0 atom stereocenters.